The second-order valence-corrected chi connectivity index (χ2v) is 8.57. The molecular weight excluding hydrogens is 426 g/mol. The average molecular weight is 462 g/mol. The fourth-order valence-electron chi connectivity index (χ4n) is 3.50. The maximum absolute atomic E-state index is 13.3. The van der Waals surface area contributed by atoms with E-state index in [9.17, 15) is 4.79 Å². The fraction of sp³-hybridized carbons (Fsp3) is 0.286. The molecule has 4 rings (SSSR count). The minimum absolute atomic E-state index is 0.0522. The summed E-state index contributed by atoms with van der Waals surface area (Å²) in [6.45, 7) is 11.9. The van der Waals surface area contributed by atoms with Crippen LogP contribution in [0.25, 0.3) is 0 Å². The number of carbonyl (C=O) groups is 1. The van der Waals surface area contributed by atoms with Gasteiger partial charge in [-0.25, -0.2) is 0 Å². The second kappa shape index (κ2) is 12.8. The molecule has 0 spiro atoms. The molecule has 174 valence electrons. The molecular formula is C28H35N3OS. The normalized spacial score (nSPS) is 14.6. The first-order valence-corrected chi connectivity index (χ1v) is 12.2. The third-order valence-corrected chi connectivity index (χ3v) is 5.82. The molecule has 33 heavy (non-hydrogen) atoms. The first-order chi connectivity index (χ1) is 15.9. The number of hydrogen-bond acceptors (Lipinski definition) is 4. The predicted octanol–water partition coefficient (Wildman–Crippen LogP) is 7.88. The number of hydrogen-bond donors (Lipinski definition) is 0. The third-order valence-electron chi connectivity index (χ3n) is 4.91. The van der Waals surface area contributed by atoms with Gasteiger partial charge in [0.2, 0.25) is 0 Å². The summed E-state index contributed by atoms with van der Waals surface area (Å²) >= 11 is 1.68. The fourth-order valence-corrected chi connectivity index (χ4v) is 4.36. The van der Waals surface area contributed by atoms with Gasteiger partial charge in [-0.05, 0) is 63.4 Å². The van der Waals surface area contributed by atoms with Crippen molar-refractivity contribution < 1.29 is 4.79 Å². The number of rotatable bonds is 3. The number of benzene rings is 2. The molecule has 0 radical (unpaired) electrons. The summed E-state index contributed by atoms with van der Waals surface area (Å²) in [4.78, 5) is 22.5. The number of allylic oxidation sites excluding steroid dienone is 1. The Bertz CT molecular complexity index is 1070. The van der Waals surface area contributed by atoms with Crippen LogP contribution in [0, 0.1) is 6.92 Å². The molecule has 4 nitrogen and oxygen atoms in total. The predicted molar refractivity (Wildman–Crippen MR) is 145 cm³/mol. The summed E-state index contributed by atoms with van der Waals surface area (Å²) in [5, 5.41) is 2.06. The molecule has 1 amide bonds. The van der Waals surface area contributed by atoms with Crippen molar-refractivity contribution in [1.82, 2.24) is 0 Å². The average Bonchev–Trinajstić information content (AvgIpc) is 3.36. The summed E-state index contributed by atoms with van der Waals surface area (Å²) in [6, 6.07) is 20.1. The van der Waals surface area contributed by atoms with Crippen molar-refractivity contribution in [1.29, 1.82) is 0 Å². The third kappa shape index (κ3) is 6.42. The Morgan fingerprint density at radius 1 is 1.03 bits per heavy atom. The number of para-hydroxylation sites is 1. The minimum Gasteiger partial charge on any atom is -0.349 e. The number of nitrogens with zero attached hydrogens (tertiary/aromatic N) is 3. The topological polar surface area (TPSA) is 35.9 Å². The van der Waals surface area contributed by atoms with Crippen molar-refractivity contribution in [2.24, 2.45) is 4.99 Å². The molecule has 1 aliphatic heterocycles. The molecule has 1 aromatic heterocycles. The highest BCUT2D eigenvalue weighted by Gasteiger charge is 2.38. The van der Waals surface area contributed by atoms with Crippen LogP contribution in [0.1, 0.15) is 61.6 Å². The number of aryl methyl sites for hydroxylation is 1. The van der Waals surface area contributed by atoms with Gasteiger partial charge in [0.15, 0.2) is 0 Å². The molecule has 0 N–H and O–H groups in total. The van der Waals surface area contributed by atoms with Gasteiger partial charge < -0.3 is 4.90 Å². The van der Waals surface area contributed by atoms with Gasteiger partial charge in [0, 0.05) is 29.5 Å². The van der Waals surface area contributed by atoms with E-state index >= 15 is 0 Å². The number of fused-ring (bicyclic) bond motifs is 1. The van der Waals surface area contributed by atoms with Crippen molar-refractivity contribution in [3.05, 3.63) is 94.3 Å². The van der Waals surface area contributed by atoms with E-state index in [2.05, 4.69) is 34.5 Å². The molecule has 0 saturated carbocycles. The molecule has 1 aliphatic rings. The van der Waals surface area contributed by atoms with Crippen LogP contribution < -0.4 is 9.80 Å². The Labute approximate surface area is 202 Å². The summed E-state index contributed by atoms with van der Waals surface area (Å²) < 4.78 is 0. The lowest BCUT2D eigenvalue weighted by Gasteiger charge is -2.43. The van der Waals surface area contributed by atoms with Gasteiger partial charge in [-0.2, -0.15) is 0 Å². The van der Waals surface area contributed by atoms with E-state index in [1.165, 1.54) is 0 Å². The van der Waals surface area contributed by atoms with E-state index in [4.69, 9.17) is 0 Å². The molecule has 0 aliphatic carbocycles. The van der Waals surface area contributed by atoms with Crippen LogP contribution >= 0.6 is 11.3 Å². The van der Waals surface area contributed by atoms with Gasteiger partial charge in [-0.1, -0.05) is 55.8 Å². The van der Waals surface area contributed by atoms with E-state index in [0.717, 1.165) is 33.1 Å². The number of amides is 1. The van der Waals surface area contributed by atoms with Crippen molar-refractivity contribution in [2.45, 2.75) is 47.7 Å². The lowest BCUT2D eigenvalue weighted by atomic mass is 10.0. The van der Waals surface area contributed by atoms with Gasteiger partial charge in [0.1, 0.15) is 6.17 Å². The van der Waals surface area contributed by atoms with Gasteiger partial charge in [0.25, 0.3) is 5.91 Å². The summed E-state index contributed by atoms with van der Waals surface area (Å²) in [6.07, 6.45) is 3.57. The van der Waals surface area contributed by atoms with Crippen LogP contribution in [0.2, 0.25) is 0 Å². The molecule has 0 saturated heterocycles. The SMILES string of the molecule is C/C=C\N=C(C)C.CC.Cc1ccc2c(c1)C(=O)N(c1ccccc1)C(c1cccs1)N2C. The summed E-state index contributed by atoms with van der Waals surface area (Å²) in [5.74, 6) is 0.0522. The minimum atomic E-state index is -0.130. The number of thiophene rings is 1. The molecule has 5 heteroatoms. The van der Waals surface area contributed by atoms with Crippen LogP contribution in [0.15, 0.2) is 83.3 Å². The number of anilines is 2. The van der Waals surface area contributed by atoms with Crippen molar-refractivity contribution >= 4 is 34.3 Å². The van der Waals surface area contributed by atoms with Gasteiger partial charge in [-0.15, -0.1) is 11.3 Å². The molecule has 0 bridgehead atoms. The zero-order valence-electron chi connectivity index (χ0n) is 20.7. The van der Waals surface area contributed by atoms with Crippen molar-refractivity contribution in [3.8, 4) is 0 Å². The number of carbonyl (C=O) groups excluding carboxylic acids is 1. The highest BCUT2D eigenvalue weighted by atomic mass is 32.1. The highest BCUT2D eigenvalue weighted by Crippen LogP contribution is 2.41. The summed E-state index contributed by atoms with van der Waals surface area (Å²) in [5.41, 5.74) is 4.85. The Morgan fingerprint density at radius 2 is 1.73 bits per heavy atom. The van der Waals surface area contributed by atoms with E-state index in [0.29, 0.717) is 0 Å². The largest absolute Gasteiger partial charge is 0.349 e. The standard InChI is InChI=1S/C20H18N2OS.C6H11N.C2H6/c1-14-10-11-17-16(13-14)20(23)22(15-7-4-3-5-8-15)19(21(17)2)18-9-6-12-24-18;1-4-5-7-6(2)3;1-2/h3-13,19H,1-2H3;4-5H,1-3H3;1-2H3/b;5-4-;. The zero-order chi connectivity index (χ0) is 24.4. The zero-order valence-corrected chi connectivity index (χ0v) is 21.6. The van der Waals surface area contributed by atoms with Gasteiger partial charge in [0.05, 0.1) is 11.3 Å². The number of aliphatic imine (C=N–C) groups is 1. The maximum atomic E-state index is 13.3. The first-order valence-electron chi connectivity index (χ1n) is 11.3. The first kappa shape index (κ1) is 26.1. The van der Waals surface area contributed by atoms with E-state index in [1.807, 2.05) is 101 Å². The monoisotopic (exact) mass is 461 g/mol. The molecule has 1 unspecified atom stereocenters. The maximum Gasteiger partial charge on any atom is 0.262 e. The van der Waals surface area contributed by atoms with Crippen LogP contribution in [-0.4, -0.2) is 18.7 Å². The van der Waals surface area contributed by atoms with Crippen molar-refractivity contribution in [3.63, 3.8) is 0 Å². The van der Waals surface area contributed by atoms with Crippen LogP contribution in [0.3, 0.4) is 0 Å². The van der Waals surface area contributed by atoms with Gasteiger partial charge >= 0.3 is 0 Å². The van der Waals surface area contributed by atoms with Crippen LogP contribution in [0.4, 0.5) is 11.4 Å². The lowest BCUT2D eigenvalue weighted by Crippen LogP contribution is -2.48. The second-order valence-electron chi connectivity index (χ2n) is 7.59. The lowest BCUT2D eigenvalue weighted by molar-refractivity contribution is 0.0970. The van der Waals surface area contributed by atoms with E-state index in [1.54, 1.807) is 17.5 Å². The van der Waals surface area contributed by atoms with Crippen LogP contribution in [-0.2, 0) is 0 Å². The Balaban J connectivity index is 0.000000370. The molecule has 2 aromatic carbocycles. The Kier molecular flexibility index (Phi) is 10.1. The highest BCUT2D eigenvalue weighted by molar-refractivity contribution is 7.10. The van der Waals surface area contributed by atoms with E-state index < -0.39 is 0 Å². The van der Waals surface area contributed by atoms with Crippen molar-refractivity contribution in [2.75, 3.05) is 16.8 Å². The molecule has 3 aromatic rings. The summed E-state index contributed by atoms with van der Waals surface area (Å²) in [7, 11) is 2.06. The van der Waals surface area contributed by atoms with E-state index in [-0.39, 0.29) is 12.1 Å². The van der Waals surface area contributed by atoms with Crippen LogP contribution in [0.5, 0.6) is 0 Å². The smallest absolute Gasteiger partial charge is 0.262 e. The molecule has 1 atom stereocenters. The Hall–Kier alpha value is -3.18. The Morgan fingerprint density at radius 3 is 2.27 bits per heavy atom. The molecule has 2 heterocycles. The molecule has 0 fully saturated rings. The van der Waals surface area contributed by atoms with Gasteiger partial charge in [-0.3, -0.25) is 14.7 Å². The quantitative estimate of drug-likeness (QED) is 0.372.